The molecule has 1 atom stereocenters. The number of carbonyl (C=O) groups is 1. The summed E-state index contributed by atoms with van der Waals surface area (Å²) in [6.07, 6.45) is 5.08. The maximum atomic E-state index is 13.0. The second kappa shape index (κ2) is 8.06. The molecule has 0 N–H and O–H groups in total. The number of ether oxygens (including phenoxy) is 1. The van der Waals surface area contributed by atoms with Crippen LogP contribution in [0.5, 0.6) is 0 Å². The van der Waals surface area contributed by atoms with Gasteiger partial charge in [0.15, 0.2) is 0 Å². The van der Waals surface area contributed by atoms with Crippen LogP contribution in [0.1, 0.15) is 52.8 Å². The van der Waals surface area contributed by atoms with E-state index < -0.39 is 0 Å². The van der Waals surface area contributed by atoms with Gasteiger partial charge in [-0.2, -0.15) is 0 Å². The minimum absolute atomic E-state index is 0.0880. The number of hydrogen-bond donors (Lipinski definition) is 0. The molecule has 6 heteroatoms. The minimum Gasteiger partial charge on any atom is -0.377 e. The molecule has 2 aromatic heterocycles. The van der Waals surface area contributed by atoms with Gasteiger partial charge in [0.1, 0.15) is 0 Å². The summed E-state index contributed by atoms with van der Waals surface area (Å²) in [4.78, 5) is 24.9. The topological polar surface area (TPSA) is 55.3 Å². The van der Waals surface area contributed by atoms with E-state index in [4.69, 9.17) is 4.74 Å². The summed E-state index contributed by atoms with van der Waals surface area (Å²) in [7, 11) is 0. The quantitative estimate of drug-likeness (QED) is 0.820. The Morgan fingerprint density at radius 3 is 2.92 bits per heavy atom. The van der Waals surface area contributed by atoms with Crippen molar-refractivity contribution in [3.63, 3.8) is 0 Å². The Labute approximate surface area is 153 Å². The molecular weight excluding hydrogens is 334 g/mol. The number of aromatic nitrogens is 2. The van der Waals surface area contributed by atoms with E-state index in [1.54, 1.807) is 23.7 Å². The molecule has 0 unspecified atom stereocenters. The van der Waals surface area contributed by atoms with Crippen LogP contribution in [0.2, 0.25) is 0 Å². The van der Waals surface area contributed by atoms with E-state index >= 15 is 0 Å². The highest BCUT2D eigenvalue weighted by Crippen LogP contribution is 2.25. The third-order valence-electron chi connectivity index (χ3n) is 4.62. The van der Waals surface area contributed by atoms with Crippen LogP contribution < -0.4 is 0 Å². The van der Waals surface area contributed by atoms with Crippen molar-refractivity contribution in [2.75, 3.05) is 19.8 Å². The molecule has 3 heterocycles. The largest absolute Gasteiger partial charge is 0.377 e. The number of nitrogens with zero attached hydrogens (tertiary/aromatic N) is 3. The van der Waals surface area contributed by atoms with Crippen molar-refractivity contribution in [1.82, 2.24) is 14.9 Å². The van der Waals surface area contributed by atoms with Gasteiger partial charge >= 0.3 is 0 Å². The van der Waals surface area contributed by atoms with Gasteiger partial charge in [0.2, 0.25) is 0 Å². The minimum atomic E-state index is 0.0880. The van der Waals surface area contributed by atoms with Crippen LogP contribution in [0.3, 0.4) is 0 Å². The maximum absolute atomic E-state index is 13.0. The lowest BCUT2D eigenvalue weighted by molar-refractivity contribution is -0.00411. The summed E-state index contributed by atoms with van der Waals surface area (Å²) < 4.78 is 5.63. The predicted octanol–water partition coefficient (Wildman–Crippen LogP) is 3.44. The fraction of sp³-hybridized carbons (Fsp3) is 0.526. The number of rotatable bonds is 5. The van der Waals surface area contributed by atoms with Gasteiger partial charge in [-0.1, -0.05) is 13.8 Å². The van der Waals surface area contributed by atoms with Gasteiger partial charge in [-0.05, 0) is 31.7 Å². The molecule has 3 rings (SSSR count). The average Bonchev–Trinajstić information content (AvgIpc) is 3.11. The van der Waals surface area contributed by atoms with Crippen molar-refractivity contribution in [2.45, 2.75) is 45.6 Å². The van der Waals surface area contributed by atoms with E-state index in [0.717, 1.165) is 29.8 Å². The molecule has 1 aliphatic rings. The van der Waals surface area contributed by atoms with E-state index in [9.17, 15) is 4.79 Å². The van der Waals surface area contributed by atoms with Crippen LogP contribution in [0, 0.1) is 6.92 Å². The highest BCUT2D eigenvalue weighted by atomic mass is 32.1. The second-order valence-corrected chi connectivity index (χ2v) is 7.69. The van der Waals surface area contributed by atoms with Crippen LogP contribution in [0.4, 0.5) is 0 Å². The lowest BCUT2D eigenvalue weighted by atomic mass is 10.0. The first-order valence-electron chi connectivity index (χ1n) is 8.80. The zero-order valence-corrected chi connectivity index (χ0v) is 15.9. The van der Waals surface area contributed by atoms with Gasteiger partial charge in [-0.3, -0.25) is 14.8 Å². The number of carbonyl (C=O) groups excluding carboxylic acids is 1. The third-order valence-corrected chi connectivity index (χ3v) is 5.85. The van der Waals surface area contributed by atoms with E-state index in [2.05, 4.69) is 23.8 Å². The summed E-state index contributed by atoms with van der Waals surface area (Å²) in [5.41, 5.74) is 2.76. The van der Waals surface area contributed by atoms with Crippen molar-refractivity contribution < 1.29 is 9.53 Å². The highest BCUT2D eigenvalue weighted by Gasteiger charge is 2.28. The van der Waals surface area contributed by atoms with Gasteiger partial charge in [0, 0.05) is 29.2 Å². The number of amides is 1. The summed E-state index contributed by atoms with van der Waals surface area (Å²) in [5.74, 6) is 0.569. The Balaban J connectivity index is 1.69. The molecular formula is C19H25N3O2S. The molecule has 0 aromatic carbocycles. The lowest BCUT2D eigenvalue weighted by Gasteiger charge is -2.35. The van der Waals surface area contributed by atoms with Crippen molar-refractivity contribution >= 4 is 17.2 Å². The number of hydrogen-bond acceptors (Lipinski definition) is 5. The molecule has 0 spiro atoms. The molecule has 1 fully saturated rings. The van der Waals surface area contributed by atoms with Crippen LogP contribution in [-0.4, -0.2) is 46.6 Å². The van der Waals surface area contributed by atoms with Crippen molar-refractivity contribution in [2.24, 2.45) is 0 Å². The first-order valence-corrected chi connectivity index (χ1v) is 9.68. The zero-order valence-electron chi connectivity index (χ0n) is 15.1. The van der Waals surface area contributed by atoms with E-state index in [1.165, 1.54) is 4.88 Å². The molecule has 0 aliphatic carbocycles. The molecule has 0 saturated carbocycles. The second-order valence-electron chi connectivity index (χ2n) is 6.75. The predicted molar refractivity (Wildman–Crippen MR) is 99.1 cm³/mol. The molecule has 1 aliphatic heterocycles. The maximum Gasteiger partial charge on any atom is 0.255 e. The SMILES string of the molecule is Cc1nccnc1CC[C@@H]1COCCN1C(=O)c1csc(C(C)C)c1. The van der Waals surface area contributed by atoms with Crippen molar-refractivity contribution in [1.29, 1.82) is 0 Å². The van der Waals surface area contributed by atoms with E-state index in [-0.39, 0.29) is 11.9 Å². The number of morpholine rings is 1. The van der Waals surface area contributed by atoms with Crippen LogP contribution in [-0.2, 0) is 11.2 Å². The molecule has 2 aromatic rings. The highest BCUT2D eigenvalue weighted by molar-refractivity contribution is 7.10. The summed E-state index contributed by atoms with van der Waals surface area (Å²) >= 11 is 1.67. The Morgan fingerprint density at radius 2 is 2.20 bits per heavy atom. The Kier molecular flexibility index (Phi) is 5.81. The lowest BCUT2D eigenvalue weighted by Crippen LogP contribution is -2.48. The molecule has 25 heavy (non-hydrogen) atoms. The summed E-state index contributed by atoms with van der Waals surface area (Å²) in [5, 5.41) is 1.98. The molecule has 5 nitrogen and oxygen atoms in total. The normalized spacial score (nSPS) is 17.9. The van der Waals surface area contributed by atoms with Gasteiger partial charge in [-0.25, -0.2) is 0 Å². The first kappa shape index (κ1) is 18.0. The average molecular weight is 359 g/mol. The van der Waals surface area contributed by atoms with Gasteiger partial charge < -0.3 is 9.64 Å². The van der Waals surface area contributed by atoms with E-state index in [0.29, 0.717) is 25.7 Å². The molecule has 1 amide bonds. The first-order chi connectivity index (χ1) is 12.1. The van der Waals surface area contributed by atoms with Crippen LogP contribution >= 0.6 is 11.3 Å². The number of thiophene rings is 1. The van der Waals surface area contributed by atoms with Gasteiger partial charge in [0.05, 0.1) is 36.2 Å². The van der Waals surface area contributed by atoms with E-state index in [1.807, 2.05) is 23.3 Å². The molecule has 1 saturated heterocycles. The van der Waals surface area contributed by atoms with Crippen LogP contribution in [0.25, 0.3) is 0 Å². The van der Waals surface area contributed by atoms with Crippen LogP contribution in [0.15, 0.2) is 23.8 Å². The zero-order chi connectivity index (χ0) is 17.8. The van der Waals surface area contributed by atoms with Crippen molar-refractivity contribution in [3.8, 4) is 0 Å². The van der Waals surface area contributed by atoms with Gasteiger partial charge in [0.25, 0.3) is 5.91 Å². The number of aryl methyl sites for hydroxylation is 2. The molecule has 0 radical (unpaired) electrons. The standard InChI is InChI=1S/C19H25N3O2S/c1-13(2)18-10-15(12-25-18)19(23)22-8-9-24-11-16(22)4-5-17-14(3)20-6-7-21-17/h6-7,10,12-13,16H,4-5,8-9,11H2,1-3H3/t16-/m1/s1. The van der Waals surface area contributed by atoms with Crippen molar-refractivity contribution in [3.05, 3.63) is 45.7 Å². The fourth-order valence-electron chi connectivity index (χ4n) is 3.08. The summed E-state index contributed by atoms with van der Waals surface area (Å²) in [6.45, 7) is 8.12. The summed E-state index contributed by atoms with van der Waals surface area (Å²) in [6, 6.07) is 2.13. The Hall–Kier alpha value is -1.79. The van der Waals surface area contributed by atoms with Gasteiger partial charge in [-0.15, -0.1) is 11.3 Å². The monoisotopic (exact) mass is 359 g/mol. The Morgan fingerprint density at radius 1 is 1.40 bits per heavy atom. The fourth-order valence-corrected chi connectivity index (χ4v) is 3.98. The molecule has 134 valence electrons. The smallest absolute Gasteiger partial charge is 0.255 e. The Bertz CT molecular complexity index is 729. The molecule has 0 bridgehead atoms. The third kappa shape index (κ3) is 4.25.